The lowest BCUT2D eigenvalue weighted by Crippen LogP contribution is -2.08. The van der Waals surface area contributed by atoms with Crippen molar-refractivity contribution in [1.82, 2.24) is 0 Å². The van der Waals surface area contributed by atoms with Gasteiger partial charge in [-0.2, -0.15) is 0 Å². The van der Waals surface area contributed by atoms with Crippen LogP contribution in [-0.2, 0) is 9.53 Å². The summed E-state index contributed by atoms with van der Waals surface area (Å²) in [4.78, 5) is 14.0. The Balaban J connectivity index is 2.36. The molecular formula is C13H10FN3O3. The molecule has 0 amide bonds. The molecule has 0 aliphatic carbocycles. The van der Waals surface area contributed by atoms with Gasteiger partial charge in [0.25, 0.3) is 0 Å². The van der Waals surface area contributed by atoms with Gasteiger partial charge in [-0.05, 0) is 35.4 Å². The summed E-state index contributed by atoms with van der Waals surface area (Å²) in [5, 5.41) is 3.27. The zero-order valence-electron chi connectivity index (χ0n) is 10.5. The summed E-state index contributed by atoms with van der Waals surface area (Å²) in [6.07, 6.45) is 3.09. The third kappa shape index (κ3) is 2.96. The van der Waals surface area contributed by atoms with E-state index in [9.17, 15) is 9.18 Å². The van der Waals surface area contributed by atoms with Gasteiger partial charge in [0.05, 0.1) is 7.11 Å². The Bertz CT molecular complexity index is 661. The SMILES string of the molecule is COC(=O)/C(=C/C1=Cc2ccc(F)cc2OC1)N=[N+]=[N-]. The Labute approximate surface area is 113 Å². The Morgan fingerprint density at radius 2 is 2.40 bits per heavy atom. The van der Waals surface area contributed by atoms with Crippen LogP contribution >= 0.6 is 0 Å². The monoisotopic (exact) mass is 275 g/mol. The molecule has 6 nitrogen and oxygen atoms in total. The maximum Gasteiger partial charge on any atom is 0.340 e. The minimum atomic E-state index is -0.742. The Morgan fingerprint density at radius 3 is 3.10 bits per heavy atom. The van der Waals surface area contributed by atoms with Crippen molar-refractivity contribution in [3.05, 3.63) is 57.4 Å². The van der Waals surface area contributed by atoms with Crippen LogP contribution in [0.2, 0.25) is 0 Å². The third-order valence-electron chi connectivity index (χ3n) is 2.58. The van der Waals surface area contributed by atoms with Gasteiger partial charge in [0, 0.05) is 16.5 Å². The summed E-state index contributed by atoms with van der Waals surface area (Å²) in [6, 6.07) is 4.14. The van der Waals surface area contributed by atoms with E-state index < -0.39 is 5.97 Å². The molecule has 0 fully saturated rings. The molecule has 0 radical (unpaired) electrons. The Kier molecular flexibility index (Phi) is 4.02. The molecule has 0 atom stereocenters. The first-order valence-corrected chi connectivity index (χ1v) is 5.62. The fourth-order valence-electron chi connectivity index (χ4n) is 1.70. The van der Waals surface area contributed by atoms with Crippen LogP contribution in [0.25, 0.3) is 16.5 Å². The van der Waals surface area contributed by atoms with Crippen molar-refractivity contribution in [2.75, 3.05) is 13.7 Å². The van der Waals surface area contributed by atoms with E-state index in [1.165, 1.54) is 25.3 Å². The highest BCUT2D eigenvalue weighted by Gasteiger charge is 2.14. The summed E-state index contributed by atoms with van der Waals surface area (Å²) in [5.74, 6) is -0.709. The smallest absolute Gasteiger partial charge is 0.340 e. The summed E-state index contributed by atoms with van der Waals surface area (Å²) in [7, 11) is 1.19. The number of carbonyl (C=O) groups is 1. The van der Waals surface area contributed by atoms with Crippen molar-refractivity contribution in [3.8, 4) is 5.75 Å². The number of ether oxygens (including phenoxy) is 2. The molecule has 7 heteroatoms. The molecule has 1 aliphatic heterocycles. The van der Waals surface area contributed by atoms with Crippen molar-refractivity contribution in [2.24, 2.45) is 5.11 Å². The topological polar surface area (TPSA) is 84.3 Å². The first kappa shape index (κ1) is 13.6. The molecule has 0 unspecified atom stereocenters. The number of rotatable bonds is 3. The van der Waals surface area contributed by atoms with Crippen LogP contribution in [0, 0.1) is 5.82 Å². The van der Waals surface area contributed by atoms with Crippen LogP contribution < -0.4 is 4.74 Å². The van der Waals surface area contributed by atoms with Crippen molar-refractivity contribution >= 4 is 12.0 Å². The highest BCUT2D eigenvalue weighted by molar-refractivity contribution is 5.89. The van der Waals surface area contributed by atoms with Crippen molar-refractivity contribution < 1.29 is 18.7 Å². The number of methoxy groups -OCH3 is 1. The quantitative estimate of drug-likeness (QED) is 0.279. The fraction of sp³-hybridized carbons (Fsp3) is 0.154. The van der Waals surface area contributed by atoms with Gasteiger partial charge in [-0.25, -0.2) is 9.18 Å². The summed E-state index contributed by atoms with van der Waals surface area (Å²) in [5.41, 5.74) is 9.53. The van der Waals surface area contributed by atoms with E-state index in [4.69, 9.17) is 10.3 Å². The van der Waals surface area contributed by atoms with E-state index in [1.807, 2.05) is 0 Å². The van der Waals surface area contributed by atoms with E-state index in [2.05, 4.69) is 14.8 Å². The number of carbonyl (C=O) groups excluding carboxylic acids is 1. The van der Waals surface area contributed by atoms with Crippen LogP contribution in [0.3, 0.4) is 0 Å². The van der Waals surface area contributed by atoms with E-state index in [0.29, 0.717) is 16.9 Å². The molecule has 20 heavy (non-hydrogen) atoms. The van der Waals surface area contributed by atoms with Gasteiger partial charge in [0.15, 0.2) is 0 Å². The highest BCUT2D eigenvalue weighted by Crippen LogP contribution is 2.27. The number of azide groups is 1. The first-order valence-electron chi connectivity index (χ1n) is 5.62. The van der Waals surface area contributed by atoms with Gasteiger partial charge in [0.1, 0.15) is 23.9 Å². The van der Waals surface area contributed by atoms with Crippen LogP contribution in [-0.4, -0.2) is 19.7 Å². The fourth-order valence-corrected chi connectivity index (χ4v) is 1.70. The lowest BCUT2D eigenvalue weighted by atomic mass is 10.1. The first-order chi connectivity index (χ1) is 9.63. The van der Waals surface area contributed by atoms with E-state index >= 15 is 0 Å². The molecule has 102 valence electrons. The molecule has 2 rings (SSSR count). The van der Waals surface area contributed by atoms with E-state index in [-0.39, 0.29) is 18.1 Å². The standard InChI is InChI=1S/C13H10FN3O3/c1-19-13(18)11(16-17-15)5-8-4-9-2-3-10(14)6-12(9)20-7-8/h2-6H,7H2,1H3/b11-5-. The van der Waals surface area contributed by atoms with Crippen molar-refractivity contribution in [1.29, 1.82) is 0 Å². The third-order valence-corrected chi connectivity index (χ3v) is 2.58. The zero-order chi connectivity index (χ0) is 14.5. The number of benzene rings is 1. The number of esters is 1. The Hall–Kier alpha value is -2.79. The minimum Gasteiger partial charge on any atom is -0.488 e. The Morgan fingerprint density at radius 1 is 1.60 bits per heavy atom. The summed E-state index contributed by atoms with van der Waals surface area (Å²) < 4.78 is 22.9. The van der Waals surface area contributed by atoms with E-state index in [1.54, 1.807) is 12.1 Å². The molecule has 1 heterocycles. The van der Waals surface area contributed by atoms with Gasteiger partial charge in [-0.15, -0.1) is 0 Å². The predicted molar refractivity (Wildman–Crippen MR) is 69.1 cm³/mol. The summed E-state index contributed by atoms with van der Waals surface area (Å²) >= 11 is 0. The largest absolute Gasteiger partial charge is 0.488 e. The molecule has 0 bridgehead atoms. The maximum atomic E-state index is 13.0. The van der Waals surface area contributed by atoms with Gasteiger partial charge in [-0.3, -0.25) is 0 Å². The average Bonchev–Trinajstić information content (AvgIpc) is 2.46. The van der Waals surface area contributed by atoms with Gasteiger partial charge in [-0.1, -0.05) is 5.11 Å². The number of fused-ring (bicyclic) bond motifs is 1. The molecule has 0 saturated heterocycles. The van der Waals surface area contributed by atoms with Crippen LogP contribution in [0.15, 0.2) is 40.7 Å². The van der Waals surface area contributed by atoms with Crippen molar-refractivity contribution in [2.45, 2.75) is 0 Å². The number of nitrogens with zero attached hydrogens (tertiary/aromatic N) is 3. The lowest BCUT2D eigenvalue weighted by molar-refractivity contribution is -0.136. The number of hydrogen-bond donors (Lipinski definition) is 0. The van der Waals surface area contributed by atoms with Crippen LogP contribution in [0.1, 0.15) is 5.56 Å². The molecule has 1 aliphatic rings. The maximum absolute atomic E-state index is 13.0. The molecule has 1 aromatic carbocycles. The van der Waals surface area contributed by atoms with Gasteiger partial charge in [0.2, 0.25) is 0 Å². The second kappa shape index (κ2) is 5.90. The predicted octanol–water partition coefficient (Wildman–Crippen LogP) is 2.97. The van der Waals surface area contributed by atoms with Gasteiger partial charge >= 0.3 is 5.97 Å². The normalized spacial score (nSPS) is 13.5. The van der Waals surface area contributed by atoms with Crippen molar-refractivity contribution in [3.63, 3.8) is 0 Å². The number of hydrogen-bond acceptors (Lipinski definition) is 4. The molecule has 0 spiro atoms. The second-order valence-corrected chi connectivity index (χ2v) is 3.90. The average molecular weight is 275 g/mol. The molecule has 0 N–H and O–H groups in total. The van der Waals surface area contributed by atoms with E-state index in [0.717, 1.165) is 0 Å². The molecule has 0 aromatic heterocycles. The molecule has 0 saturated carbocycles. The highest BCUT2D eigenvalue weighted by atomic mass is 19.1. The van der Waals surface area contributed by atoms with Crippen LogP contribution in [0.4, 0.5) is 4.39 Å². The molecular weight excluding hydrogens is 265 g/mol. The summed E-state index contributed by atoms with van der Waals surface area (Å²) in [6.45, 7) is 0.137. The van der Waals surface area contributed by atoms with Gasteiger partial charge < -0.3 is 9.47 Å². The number of halogens is 1. The molecule has 1 aromatic rings. The second-order valence-electron chi connectivity index (χ2n) is 3.90. The zero-order valence-corrected chi connectivity index (χ0v) is 10.5. The lowest BCUT2D eigenvalue weighted by Gasteiger charge is -2.16. The minimum absolute atomic E-state index is 0.137. The van der Waals surface area contributed by atoms with Crippen LogP contribution in [0.5, 0.6) is 5.75 Å².